The Labute approximate surface area is 130 Å². The monoisotopic (exact) mass is 328 g/mol. The van der Waals surface area contributed by atoms with Crippen molar-refractivity contribution in [2.24, 2.45) is 5.92 Å². The van der Waals surface area contributed by atoms with E-state index in [1.54, 1.807) is 6.92 Å². The molecule has 1 fully saturated rings. The molecule has 22 heavy (non-hydrogen) atoms. The second-order valence-corrected chi connectivity index (χ2v) is 8.01. The zero-order valence-electron chi connectivity index (χ0n) is 12.8. The molecule has 2 atom stereocenters. The Kier molecular flexibility index (Phi) is 4.34. The third-order valence-electron chi connectivity index (χ3n) is 4.12. The second-order valence-electron chi connectivity index (χ2n) is 6.04. The number of cyclic esters (lactones) is 1. The number of carbonyl (C=O) groups excluding carboxylic acids is 1. The summed E-state index contributed by atoms with van der Waals surface area (Å²) in [5.41, 5.74) is 0.809. The molecule has 2 rings (SSSR count). The summed E-state index contributed by atoms with van der Waals surface area (Å²) in [6.07, 6.45) is 0.0610. The molecule has 122 valence electrons. The van der Waals surface area contributed by atoms with E-state index in [-0.39, 0.29) is 13.0 Å². The highest BCUT2D eigenvalue weighted by Crippen LogP contribution is 2.44. The van der Waals surface area contributed by atoms with E-state index in [1.807, 2.05) is 30.3 Å². The van der Waals surface area contributed by atoms with Crippen LogP contribution in [0.4, 0.5) is 0 Å². The maximum atomic E-state index is 11.8. The number of hydrogen-bond acceptors (Lipinski definition) is 5. The Hall–Kier alpha value is -1.44. The molecule has 1 aliphatic rings. The van der Waals surface area contributed by atoms with Crippen molar-refractivity contribution in [1.29, 1.82) is 0 Å². The first kappa shape index (κ1) is 16.9. The van der Waals surface area contributed by atoms with Crippen LogP contribution in [0, 0.1) is 5.92 Å². The topological polar surface area (TPSA) is 89.9 Å². The maximum Gasteiger partial charge on any atom is 0.311 e. The standard InChI is InChI=1S/C15H20O6S/c1-11-9-15(21-13(11)16,14(2,3)22(17,18)19)20-10-12-7-5-4-6-8-12/h4-8,11H,9-10H2,1-3H3,(H,17,18,19)/t11-,15+/m1/s1. The van der Waals surface area contributed by atoms with E-state index in [4.69, 9.17) is 9.47 Å². The highest BCUT2D eigenvalue weighted by atomic mass is 32.2. The van der Waals surface area contributed by atoms with Crippen molar-refractivity contribution in [3.63, 3.8) is 0 Å². The summed E-state index contributed by atoms with van der Waals surface area (Å²) in [4.78, 5) is 11.8. The Balaban J connectivity index is 2.34. The smallest absolute Gasteiger partial charge is 0.311 e. The van der Waals surface area contributed by atoms with Gasteiger partial charge in [-0.25, -0.2) is 0 Å². The van der Waals surface area contributed by atoms with Gasteiger partial charge in [-0.3, -0.25) is 9.35 Å². The van der Waals surface area contributed by atoms with Crippen LogP contribution in [0.5, 0.6) is 0 Å². The van der Waals surface area contributed by atoms with E-state index >= 15 is 0 Å². The summed E-state index contributed by atoms with van der Waals surface area (Å²) in [7, 11) is -4.50. The molecule has 1 heterocycles. The molecule has 0 saturated carbocycles. The van der Waals surface area contributed by atoms with Gasteiger partial charge in [0.25, 0.3) is 10.1 Å². The van der Waals surface area contributed by atoms with Crippen LogP contribution < -0.4 is 0 Å². The molecule has 6 nitrogen and oxygen atoms in total. The zero-order chi connectivity index (χ0) is 16.6. The zero-order valence-corrected chi connectivity index (χ0v) is 13.6. The van der Waals surface area contributed by atoms with Gasteiger partial charge in [0.1, 0.15) is 0 Å². The fourth-order valence-corrected chi connectivity index (χ4v) is 2.97. The molecule has 0 aliphatic carbocycles. The van der Waals surface area contributed by atoms with Gasteiger partial charge >= 0.3 is 5.97 Å². The van der Waals surface area contributed by atoms with Gasteiger partial charge < -0.3 is 9.47 Å². The van der Waals surface area contributed by atoms with Crippen molar-refractivity contribution >= 4 is 16.1 Å². The van der Waals surface area contributed by atoms with E-state index in [2.05, 4.69) is 0 Å². The van der Waals surface area contributed by atoms with Gasteiger partial charge in [-0.2, -0.15) is 8.42 Å². The Morgan fingerprint density at radius 3 is 2.41 bits per heavy atom. The first-order chi connectivity index (χ1) is 10.1. The summed E-state index contributed by atoms with van der Waals surface area (Å²) < 4.78 is 42.3. The Morgan fingerprint density at radius 1 is 1.36 bits per heavy atom. The molecule has 0 unspecified atom stereocenters. The minimum absolute atomic E-state index is 0.0610. The molecule has 7 heteroatoms. The molecular formula is C15H20O6S. The highest BCUT2D eigenvalue weighted by Gasteiger charge is 2.62. The number of hydrogen-bond donors (Lipinski definition) is 1. The molecule has 1 aromatic carbocycles. The Bertz CT molecular complexity index is 652. The SMILES string of the molecule is C[C@@H]1C[C@@](OCc2ccccc2)(C(C)(C)S(=O)(=O)O)OC1=O. The lowest BCUT2D eigenvalue weighted by atomic mass is 9.94. The molecule has 0 radical (unpaired) electrons. The van der Waals surface area contributed by atoms with Crippen LogP contribution in [0.2, 0.25) is 0 Å². The average Bonchev–Trinajstić information content (AvgIpc) is 2.73. The van der Waals surface area contributed by atoms with Gasteiger partial charge in [0.15, 0.2) is 4.75 Å². The van der Waals surface area contributed by atoms with E-state index in [0.29, 0.717) is 0 Å². The Morgan fingerprint density at radius 2 is 1.95 bits per heavy atom. The van der Waals surface area contributed by atoms with Crippen LogP contribution in [0.25, 0.3) is 0 Å². The number of carbonyl (C=O) groups is 1. The first-order valence-corrected chi connectivity index (χ1v) is 8.41. The summed E-state index contributed by atoms with van der Waals surface area (Å²) in [5.74, 6) is -2.76. The number of esters is 1. The van der Waals surface area contributed by atoms with Crippen molar-refractivity contribution in [3.05, 3.63) is 35.9 Å². The molecular weight excluding hydrogens is 308 g/mol. The first-order valence-electron chi connectivity index (χ1n) is 6.97. The van der Waals surface area contributed by atoms with Crippen molar-refractivity contribution in [3.8, 4) is 0 Å². The van der Waals surface area contributed by atoms with Gasteiger partial charge in [-0.05, 0) is 19.4 Å². The molecule has 0 bridgehead atoms. The lowest BCUT2D eigenvalue weighted by molar-refractivity contribution is -0.231. The van der Waals surface area contributed by atoms with Crippen molar-refractivity contribution in [2.45, 2.75) is 44.3 Å². The second kappa shape index (κ2) is 5.64. The fourth-order valence-electron chi connectivity index (χ4n) is 2.39. The van der Waals surface area contributed by atoms with Gasteiger partial charge in [0.2, 0.25) is 5.79 Å². The van der Waals surface area contributed by atoms with Crippen molar-refractivity contribution in [1.82, 2.24) is 0 Å². The third kappa shape index (κ3) is 2.88. The third-order valence-corrected chi connectivity index (χ3v) is 5.72. The number of benzene rings is 1. The summed E-state index contributed by atoms with van der Waals surface area (Å²) in [5, 5.41) is 0. The van der Waals surface area contributed by atoms with Crippen LogP contribution in [0.3, 0.4) is 0 Å². The van der Waals surface area contributed by atoms with Gasteiger partial charge in [0.05, 0.1) is 12.5 Å². The fraction of sp³-hybridized carbons (Fsp3) is 0.533. The molecule has 0 spiro atoms. The van der Waals surface area contributed by atoms with Crippen LogP contribution in [0.1, 0.15) is 32.8 Å². The van der Waals surface area contributed by atoms with E-state index in [0.717, 1.165) is 5.56 Å². The van der Waals surface area contributed by atoms with Gasteiger partial charge in [-0.15, -0.1) is 0 Å². The molecule has 1 aliphatic heterocycles. The number of ether oxygens (including phenoxy) is 2. The average molecular weight is 328 g/mol. The van der Waals surface area contributed by atoms with Crippen molar-refractivity contribution < 1.29 is 27.2 Å². The lowest BCUT2D eigenvalue weighted by Crippen LogP contribution is -2.56. The molecule has 1 aromatic rings. The quantitative estimate of drug-likeness (QED) is 0.658. The van der Waals surface area contributed by atoms with Crippen LogP contribution in [-0.4, -0.2) is 29.5 Å². The molecule has 0 amide bonds. The van der Waals surface area contributed by atoms with Crippen LogP contribution in [0.15, 0.2) is 30.3 Å². The minimum Gasteiger partial charge on any atom is -0.431 e. The molecule has 0 aromatic heterocycles. The largest absolute Gasteiger partial charge is 0.431 e. The maximum absolute atomic E-state index is 11.8. The normalized spacial score (nSPS) is 26.0. The predicted octanol–water partition coefficient (Wildman–Crippen LogP) is 2.15. The van der Waals surface area contributed by atoms with E-state index < -0.39 is 32.5 Å². The number of rotatable bonds is 5. The van der Waals surface area contributed by atoms with Gasteiger partial charge in [-0.1, -0.05) is 37.3 Å². The molecule has 1 saturated heterocycles. The summed E-state index contributed by atoms with van der Waals surface area (Å²) in [6.45, 7) is 4.28. The molecule has 1 N–H and O–H groups in total. The van der Waals surface area contributed by atoms with E-state index in [9.17, 15) is 17.8 Å². The summed E-state index contributed by atoms with van der Waals surface area (Å²) >= 11 is 0. The summed E-state index contributed by atoms with van der Waals surface area (Å²) in [6, 6.07) is 9.12. The minimum atomic E-state index is -4.50. The van der Waals surface area contributed by atoms with Crippen LogP contribution >= 0.6 is 0 Å². The lowest BCUT2D eigenvalue weighted by Gasteiger charge is -2.39. The van der Waals surface area contributed by atoms with E-state index in [1.165, 1.54) is 13.8 Å². The van der Waals surface area contributed by atoms with Gasteiger partial charge in [0, 0.05) is 6.42 Å². The van der Waals surface area contributed by atoms with Crippen molar-refractivity contribution in [2.75, 3.05) is 0 Å². The highest BCUT2D eigenvalue weighted by molar-refractivity contribution is 7.87. The predicted molar refractivity (Wildman–Crippen MR) is 79.5 cm³/mol. The van der Waals surface area contributed by atoms with Crippen LogP contribution in [-0.2, 0) is 31.0 Å².